The molecule has 1 aliphatic carbocycles. The maximum Gasteiger partial charge on any atom is 0.321 e. The van der Waals surface area contributed by atoms with E-state index in [-0.39, 0.29) is 18.7 Å². The predicted molar refractivity (Wildman–Crippen MR) is 91.8 cm³/mol. The van der Waals surface area contributed by atoms with Gasteiger partial charge in [-0.25, -0.2) is 4.79 Å². The number of nitrogens with zero attached hydrogens (tertiary/aromatic N) is 1. The first-order valence-electron chi connectivity index (χ1n) is 8.51. The summed E-state index contributed by atoms with van der Waals surface area (Å²) in [4.78, 5) is 14.2. The highest BCUT2D eigenvalue weighted by Gasteiger charge is 2.26. The summed E-state index contributed by atoms with van der Waals surface area (Å²) in [6.45, 7) is 2.99. The molecule has 0 heterocycles. The molecular weight excluding hydrogens is 292 g/mol. The summed E-state index contributed by atoms with van der Waals surface area (Å²) >= 11 is 0. The lowest BCUT2D eigenvalue weighted by Crippen LogP contribution is -2.42. The minimum atomic E-state index is -0.0925. The molecule has 1 aromatic carbocycles. The molecule has 1 fully saturated rings. The van der Waals surface area contributed by atoms with E-state index in [2.05, 4.69) is 12.2 Å². The number of anilines is 1. The summed E-state index contributed by atoms with van der Waals surface area (Å²) < 4.78 is 5.59. The van der Waals surface area contributed by atoms with E-state index in [9.17, 15) is 9.90 Å². The molecule has 0 aromatic heterocycles. The van der Waals surface area contributed by atoms with Gasteiger partial charge in [-0.2, -0.15) is 0 Å². The Morgan fingerprint density at radius 3 is 2.74 bits per heavy atom. The van der Waals surface area contributed by atoms with E-state index in [0.29, 0.717) is 12.5 Å². The summed E-state index contributed by atoms with van der Waals surface area (Å²) in [6.07, 6.45) is 4.83. The fraction of sp³-hybridized carbons (Fsp3) is 0.611. The monoisotopic (exact) mass is 320 g/mol. The molecule has 0 aliphatic heterocycles. The molecule has 0 spiro atoms. The summed E-state index contributed by atoms with van der Waals surface area (Å²) in [7, 11) is 1.84. The zero-order valence-corrected chi connectivity index (χ0v) is 14.1. The normalized spacial score (nSPS) is 20.8. The summed E-state index contributed by atoms with van der Waals surface area (Å²) in [6, 6.07) is 7.65. The maximum absolute atomic E-state index is 12.4. The molecule has 1 aromatic rings. The zero-order chi connectivity index (χ0) is 16.7. The predicted octanol–water partition coefficient (Wildman–Crippen LogP) is 3.49. The van der Waals surface area contributed by atoms with Gasteiger partial charge in [0.1, 0.15) is 5.75 Å². The quantitative estimate of drug-likeness (QED) is 0.843. The third kappa shape index (κ3) is 5.13. The molecule has 23 heavy (non-hydrogen) atoms. The van der Waals surface area contributed by atoms with Crippen LogP contribution in [0.1, 0.15) is 39.0 Å². The Labute approximate surface area is 138 Å². The SMILES string of the molecule is CCCOc1cccc(NC(=O)N(C)C2CCC(CO)CC2)c1. The van der Waals surface area contributed by atoms with Crippen LogP contribution < -0.4 is 10.1 Å². The van der Waals surface area contributed by atoms with Crippen LogP contribution >= 0.6 is 0 Å². The first kappa shape index (κ1) is 17.6. The molecule has 2 N–H and O–H groups in total. The molecule has 1 aliphatic rings. The van der Waals surface area contributed by atoms with E-state index >= 15 is 0 Å². The zero-order valence-electron chi connectivity index (χ0n) is 14.1. The van der Waals surface area contributed by atoms with Crippen molar-refractivity contribution in [2.45, 2.75) is 45.1 Å². The van der Waals surface area contributed by atoms with Gasteiger partial charge in [-0.05, 0) is 50.2 Å². The van der Waals surface area contributed by atoms with Crippen LogP contribution in [0.15, 0.2) is 24.3 Å². The number of hydrogen-bond acceptors (Lipinski definition) is 3. The first-order chi connectivity index (χ1) is 11.1. The van der Waals surface area contributed by atoms with Crippen molar-refractivity contribution in [1.82, 2.24) is 4.90 Å². The number of aliphatic hydroxyl groups excluding tert-OH is 1. The largest absolute Gasteiger partial charge is 0.494 e. The van der Waals surface area contributed by atoms with Gasteiger partial charge in [0, 0.05) is 31.5 Å². The molecule has 128 valence electrons. The lowest BCUT2D eigenvalue weighted by atomic mass is 9.86. The maximum atomic E-state index is 12.4. The van der Waals surface area contributed by atoms with E-state index in [4.69, 9.17) is 4.74 Å². The second-order valence-corrected chi connectivity index (χ2v) is 6.27. The van der Waals surface area contributed by atoms with Gasteiger partial charge in [0.25, 0.3) is 0 Å². The molecule has 0 unspecified atom stereocenters. The number of urea groups is 1. The Kier molecular flexibility index (Phi) is 6.71. The van der Waals surface area contributed by atoms with Gasteiger partial charge in [-0.1, -0.05) is 13.0 Å². The lowest BCUT2D eigenvalue weighted by molar-refractivity contribution is 0.139. The van der Waals surface area contributed by atoms with Gasteiger partial charge in [-0.3, -0.25) is 0 Å². The van der Waals surface area contributed by atoms with Crippen LogP contribution in [-0.2, 0) is 0 Å². The third-order valence-corrected chi connectivity index (χ3v) is 4.50. The third-order valence-electron chi connectivity index (χ3n) is 4.50. The molecule has 5 nitrogen and oxygen atoms in total. The van der Waals surface area contributed by atoms with Gasteiger partial charge in [-0.15, -0.1) is 0 Å². The fourth-order valence-electron chi connectivity index (χ4n) is 2.98. The minimum Gasteiger partial charge on any atom is -0.494 e. The number of nitrogens with one attached hydrogen (secondary N) is 1. The Morgan fingerprint density at radius 1 is 1.35 bits per heavy atom. The van der Waals surface area contributed by atoms with Gasteiger partial charge in [0.15, 0.2) is 0 Å². The Hall–Kier alpha value is -1.75. The van der Waals surface area contributed by atoms with Crippen molar-refractivity contribution in [3.05, 3.63) is 24.3 Å². The van der Waals surface area contributed by atoms with Gasteiger partial charge in [0.2, 0.25) is 0 Å². The van der Waals surface area contributed by atoms with Gasteiger partial charge >= 0.3 is 6.03 Å². The van der Waals surface area contributed by atoms with E-state index < -0.39 is 0 Å². The van der Waals surface area contributed by atoms with Crippen LogP contribution in [0.4, 0.5) is 10.5 Å². The standard InChI is InChI=1S/C18H28N2O3/c1-3-11-23-17-6-4-5-15(12-17)19-18(22)20(2)16-9-7-14(13-21)8-10-16/h4-6,12,14,16,21H,3,7-11,13H2,1-2H3,(H,19,22). The Morgan fingerprint density at radius 2 is 2.09 bits per heavy atom. The molecule has 0 bridgehead atoms. The number of benzene rings is 1. The van der Waals surface area contributed by atoms with Crippen molar-refractivity contribution < 1.29 is 14.6 Å². The van der Waals surface area contributed by atoms with E-state index in [0.717, 1.165) is 43.5 Å². The molecule has 2 rings (SSSR count). The molecule has 1 saturated carbocycles. The number of carbonyl (C=O) groups is 1. The number of aliphatic hydroxyl groups is 1. The average Bonchev–Trinajstić information content (AvgIpc) is 2.59. The number of ether oxygens (including phenoxy) is 1. The van der Waals surface area contributed by atoms with Gasteiger partial charge < -0.3 is 20.1 Å². The molecule has 0 atom stereocenters. The van der Waals surface area contributed by atoms with Crippen molar-refractivity contribution in [2.24, 2.45) is 5.92 Å². The van der Waals surface area contributed by atoms with E-state index in [1.54, 1.807) is 4.90 Å². The fourth-order valence-corrected chi connectivity index (χ4v) is 2.98. The van der Waals surface area contributed by atoms with Gasteiger partial charge in [0.05, 0.1) is 6.61 Å². The highest BCUT2D eigenvalue weighted by molar-refractivity contribution is 5.89. The second kappa shape index (κ2) is 8.77. The first-order valence-corrected chi connectivity index (χ1v) is 8.51. The van der Waals surface area contributed by atoms with Crippen molar-refractivity contribution >= 4 is 11.7 Å². The Balaban J connectivity index is 1.88. The van der Waals surface area contributed by atoms with Crippen molar-refractivity contribution in [1.29, 1.82) is 0 Å². The van der Waals surface area contributed by atoms with Crippen LogP contribution in [-0.4, -0.2) is 42.3 Å². The number of carbonyl (C=O) groups excluding carboxylic acids is 1. The summed E-state index contributed by atoms with van der Waals surface area (Å²) in [5, 5.41) is 12.1. The van der Waals surface area contributed by atoms with Crippen LogP contribution in [0, 0.1) is 5.92 Å². The van der Waals surface area contributed by atoms with Crippen molar-refractivity contribution in [3.63, 3.8) is 0 Å². The van der Waals surface area contributed by atoms with Crippen LogP contribution in [0.3, 0.4) is 0 Å². The molecule has 5 heteroatoms. The molecule has 0 saturated heterocycles. The van der Waals surface area contributed by atoms with E-state index in [1.807, 2.05) is 31.3 Å². The number of hydrogen-bond donors (Lipinski definition) is 2. The Bertz CT molecular complexity index is 499. The number of amides is 2. The smallest absolute Gasteiger partial charge is 0.321 e. The van der Waals surface area contributed by atoms with Crippen LogP contribution in [0.2, 0.25) is 0 Å². The minimum absolute atomic E-state index is 0.0925. The highest BCUT2D eigenvalue weighted by atomic mass is 16.5. The van der Waals surface area contributed by atoms with Crippen molar-refractivity contribution in [3.8, 4) is 5.75 Å². The molecule has 0 radical (unpaired) electrons. The van der Waals surface area contributed by atoms with Crippen molar-refractivity contribution in [2.75, 3.05) is 25.6 Å². The average molecular weight is 320 g/mol. The number of rotatable bonds is 6. The van der Waals surface area contributed by atoms with E-state index in [1.165, 1.54) is 0 Å². The molecular formula is C18H28N2O3. The highest BCUT2D eigenvalue weighted by Crippen LogP contribution is 2.27. The summed E-state index contributed by atoms with van der Waals surface area (Å²) in [5.74, 6) is 1.17. The topological polar surface area (TPSA) is 61.8 Å². The summed E-state index contributed by atoms with van der Waals surface area (Å²) in [5.41, 5.74) is 0.750. The molecule has 2 amide bonds. The van der Waals surface area contributed by atoms with Crippen LogP contribution in [0.25, 0.3) is 0 Å². The second-order valence-electron chi connectivity index (χ2n) is 6.27. The van der Waals surface area contributed by atoms with Crippen LogP contribution in [0.5, 0.6) is 5.75 Å². The lowest BCUT2D eigenvalue weighted by Gasteiger charge is -2.34.